The highest BCUT2D eigenvalue weighted by Gasteiger charge is 2.40. The van der Waals surface area contributed by atoms with E-state index in [1.165, 1.54) is 18.2 Å². The molecule has 5 N–H and O–H groups in total. The Labute approximate surface area is 531 Å². The largest absolute Gasteiger partial charge is 0.375 e. The molecule has 6 fully saturated rings. The summed E-state index contributed by atoms with van der Waals surface area (Å²) in [5, 5.41) is 7.62. The summed E-state index contributed by atoms with van der Waals surface area (Å²) in [5.41, 5.74) is 8.81. The van der Waals surface area contributed by atoms with Crippen LogP contribution in [0.3, 0.4) is 0 Å². The zero-order chi connectivity index (χ0) is 62.7. The number of ketones is 1. The van der Waals surface area contributed by atoms with E-state index in [1.54, 1.807) is 23.4 Å². The lowest BCUT2D eigenvalue weighted by molar-refractivity contribution is -0.140. The van der Waals surface area contributed by atoms with Crippen molar-refractivity contribution in [1.29, 1.82) is 0 Å². The minimum atomic E-state index is -0.883. The number of hydrogen-bond donors (Lipinski definition) is 4. The first-order chi connectivity index (χ1) is 43.6. The number of aromatic amines is 1. The number of hydrogen-bond acceptors (Lipinski definition) is 13. The Morgan fingerprint density at radius 2 is 1.44 bits per heavy atom. The molecular formula is C68H88ClF3N12O6. The molecule has 90 heavy (non-hydrogen) atoms. The number of piperazine rings is 1. The summed E-state index contributed by atoms with van der Waals surface area (Å²) in [6.07, 6.45) is 15.5. The van der Waals surface area contributed by atoms with E-state index in [1.807, 2.05) is 34.2 Å². The molecule has 484 valence electrons. The first-order valence-corrected chi connectivity index (χ1v) is 33.3. The number of anilines is 1. The molecular weight excluding hydrogens is 1170 g/mol. The lowest BCUT2D eigenvalue weighted by Crippen LogP contribution is -2.56. The van der Waals surface area contributed by atoms with E-state index in [2.05, 4.69) is 52.4 Å². The second-order valence-corrected chi connectivity index (χ2v) is 26.5. The third-order valence-corrected chi connectivity index (χ3v) is 20.5. The van der Waals surface area contributed by atoms with Crippen LogP contribution in [-0.4, -0.2) is 191 Å². The molecule has 3 aromatic carbocycles. The van der Waals surface area contributed by atoms with Gasteiger partial charge < -0.3 is 45.7 Å². The molecule has 3 atom stereocenters. The molecule has 1 unspecified atom stereocenters. The maximum absolute atomic E-state index is 15.7. The van der Waals surface area contributed by atoms with Gasteiger partial charge in [0, 0.05) is 120 Å². The van der Waals surface area contributed by atoms with Crippen LogP contribution < -0.4 is 21.3 Å². The van der Waals surface area contributed by atoms with Crippen LogP contribution in [0, 0.1) is 23.4 Å². The molecule has 6 aliphatic rings. The van der Waals surface area contributed by atoms with Crippen LogP contribution >= 0.6 is 11.6 Å². The van der Waals surface area contributed by atoms with Gasteiger partial charge in [0.1, 0.15) is 41.3 Å². The summed E-state index contributed by atoms with van der Waals surface area (Å²) in [4.78, 5) is 93.9. The summed E-state index contributed by atoms with van der Waals surface area (Å²) >= 11 is 6.32. The van der Waals surface area contributed by atoms with E-state index in [9.17, 15) is 32.8 Å². The number of rotatable bonds is 22. The number of nitrogens with one attached hydrogen (secondary N) is 3. The van der Waals surface area contributed by atoms with Crippen LogP contribution in [0.15, 0.2) is 79.3 Å². The van der Waals surface area contributed by atoms with Gasteiger partial charge in [-0.05, 0) is 143 Å². The molecule has 11 rings (SSSR count). The number of Topliss-reactive ketones (excluding diaryl/α,β-unsaturated/α-hetero) is 1. The van der Waals surface area contributed by atoms with Gasteiger partial charge in [0.15, 0.2) is 5.78 Å². The fraction of sp³-hybridized carbons (Fsp3) is 0.574. The van der Waals surface area contributed by atoms with E-state index >= 15 is 4.39 Å². The number of benzene rings is 3. The molecule has 2 aromatic heterocycles. The highest BCUT2D eigenvalue weighted by molar-refractivity contribution is 6.30. The van der Waals surface area contributed by atoms with Crippen molar-refractivity contribution in [2.45, 2.75) is 145 Å². The van der Waals surface area contributed by atoms with E-state index in [4.69, 9.17) is 22.1 Å². The number of aromatic nitrogens is 3. The number of carbonyl (C=O) groups excluding carboxylic acids is 5. The monoisotopic (exact) mass is 1260 g/mol. The average molecular weight is 1260 g/mol. The van der Waals surface area contributed by atoms with Gasteiger partial charge in [0.2, 0.25) is 17.7 Å². The van der Waals surface area contributed by atoms with Gasteiger partial charge in [-0.2, -0.15) is 0 Å². The van der Waals surface area contributed by atoms with Crippen LogP contribution in [0.25, 0.3) is 11.0 Å². The van der Waals surface area contributed by atoms with Crippen LogP contribution in [0.4, 0.5) is 19.0 Å². The van der Waals surface area contributed by atoms with Crippen molar-refractivity contribution in [3.05, 3.63) is 124 Å². The lowest BCUT2D eigenvalue weighted by Gasteiger charge is -2.40. The van der Waals surface area contributed by atoms with Crippen molar-refractivity contribution in [2.75, 3.05) is 103 Å². The Hall–Kier alpha value is -6.49. The molecule has 0 bridgehead atoms. The number of fused-ring (bicyclic) bond motifs is 1. The molecule has 18 nitrogen and oxygen atoms in total. The number of H-pyrrole nitrogens is 1. The number of nitrogens with zero attached hydrogens (tertiary/aromatic N) is 8. The fourth-order valence-corrected chi connectivity index (χ4v) is 14.7. The zero-order valence-corrected chi connectivity index (χ0v) is 52.5. The van der Waals surface area contributed by atoms with Gasteiger partial charge in [-0.3, -0.25) is 33.8 Å². The number of halogens is 4. The number of amides is 4. The van der Waals surface area contributed by atoms with Crippen LogP contribution in [-0.2, 0) is 30.5 Å². The summed E-state index contributed by atoms with van der Waals surface area (Å²) in [5.74, 6) is -1.93. The SMILES string of the molecule is NC1(C(=O)CC[C@@H](CCN2CCN(C(=O)CN3CCC(OC4CCN(C(=O)[C@H](NC(=O)c5cc(C6CCCN(C(=O)CNCc7ccc(F)cc7F)C6)ccc5F)C5CCCCC5)CC4)CC3)CC2)c2ccc(Cl)cc2)CCN(c2ncnc3[nH]ccc23)CC1. The Kier molecular flexibility index (Phi) is 21.9. The number of carbonyl (C=O) groups is 5. The van der Waals surface area contributed by atoms with E-state index in [-0.39, 0.29) is 77.7 Å². The van der Waals surface area contributed by atoms with E-state index in [0.29, 0.717) is 109 Å². The Balaban J connectivity index is 0.592. The van der Waals surface area contributed by atoms with Crippen molar-refractivity contribution >= 4 is 57.9 Å². The topological polar surface area (TPSA) is 206 Å². The number of piperidine rings is 4. The normalized spacial score (nSPS) is 20.9. The molecule has 5 saturated heterocycles. The molecule has 1 saturated carbocycles. The highest BCUT2D eigenvalue weighted by Crippen LogP contribution is 2.35. The molecule has 4 amide bonds. The second-order valence-electron chi connectivity index (χ2n) is 26.0. The molecule has 5 aromatic rings. The van der Waals surface area contributed by atoms with Crippen LogP contribution in [0.2, 0.25) is 5.02 Å². The first kappa shape index (κ1) is 65.0. The maximum Gasteiger partial charge on any atom is 0.254 e. The minimum absolute atomic E-state index is 0.0131. The first-order valence-electron chi connectivity index (χ1n) is 32.9. The van der Waals surface area contributed by atoms with Crippen LogP contribution in [0.5, 0.6) is 0 Å². The molecule has 0 radical (unpaired) electrons. The number of nitrogens with two attached hydrogens (primary N) is 1. The predicted octanol–water partition coefficient (Wildman–Crippen LogP) is 8.34. The number of likely N-dealkylation sites (tertiary alicyclic amines) is 3. The third-order valence-electron chi connectivity index (χ3n) is 20.2. The Morgan fingerprint density at radius 3 is 2.18 bits per heavy atom. The Morgan fingerprint density at radius 1 is 0.711 bits per heavy atom. The molecule has 7 heterocycles. The lowest BCUT2D eigenvalue weighted by atomic mass is 9.80. The molecule has 1 aliphatic carbocycles. The molecule has 5 aliphatic heterocycles. The Bertz CT molecular complexity index is 3270. The van der Waals surface area contributed by atoms with Crippen molar-refractivity contribution in [2.24, 2.45) is 11.7 Å². The van der Waals surface area contributed by atoms with Crippen molar-refractivity contribution in [3.63, 3.8) is 0 Å². The summed E-state index contributed by atoms with van der Waals surface area (Å²) in [6, 6.07) is 17.0. The van der Waals surface area contributed by atoms with Gasteiger partial charge in [0.25, 0.3) is 5.91 Å². The summed E-state index contributed by atoms with van der Waals surface area (Å²) in [6.45, 7) is 8.87. The second kappa shape index (κ2) is 30.3. The fourth-order valence-electron chi connectivity index (χ4n) is 14.6. The third kappa shape index (κ3) is 16.4. The van der Waals surface area contributed by atoms with Gasteiger partial charge >= 0.3 is 0 Å². The molecule has 22 heteroatoms. The van der Waals surface area contributed by atoms with Crippen LogP contribution in [0.1, 0.15) is 142 Å². The van der Waals surface area contributed by atoms with E-state index in [0.717, 1.165) is 125 Å². The van der Waals surface area contributed by atoms with Gasteiger partial charge in [-0.1, -0.05) is 55.1 Å². The quantitative estimate of drug-likeness (QED) is 0.0515. The van der Waals surface area contributed by atoms with Crippen molar-refractivity contribution < 1.29 is 41.9 Å². The van der Waals surface area contributed by atoms with Crippen molar-refractivity contribution in [1.82, 2.24) is 50.1 Å². The van der Waals surface area contributed by atoms with E-state index < -0.39 is 34.9 Å². The average Bonchev–Trinajstić information content (AvgIpc) is 1.56. The van der Waals surface area contributed by atoms with Gasteiger partial charge in [-0.25, -0.2) is 23.1 Å². The van der Waals surface area contributed by atoms with Gasteiger partial charge in [0.05, 0.1) is 41.8 Å². The summed E-state index contributed by atoms with van der Waals surface area (Å²) < 4.78 is 49.9. The predicted molar refractivity (Wildman–Crippen MR) is 339 cm³/mol. The minimum Gasteiger partial charge on any atom is -0.375 e. The molecule has 0 spiro atoms. The number of ether oxygens (including phenoxy) is 1. The maximum atomic E-state index is 15.7. The summed E-state index contributed by atoms with van der Waals surface area (Å²) in [7, 11) is 0. The standard InChI is InChI=1S/C68H88ClF3N12O6/c69-52-13-8-46(9-14-52)47(12-17-60(85)68(73)24-33-82(34-25-68)65-56-18-26-75-64(56)76-45-77-65)19-28-79-35-37-81(38-36-79)62(87)44-80-29-20-54(21-30-80)90-55-22-31-83(32-23-55)67(89)63(48-5-2-1-3-6-48)78-66(88)57-39-49(11-16-58(57)71)51-7-4-27-84(43-51)61(86)42-74-41-50-10-15-53(70)40-59(50)72/h8-11,13-16,18,26,39-40,45,47-48,51,54-55,63,74H,1-7,12,17,19-25,27-38,41-44,73H2,(H,78,88)(H,75,76,77)/t47-,51?,63+/m0/s1. The highest BCUT2D eigenvalue weighted by atomic mass is 35.5. The van der Waals surface area contributed by atoms with Crippen molar-refractivity contribution in [3.8, 4) is 0 Å². The van der Waals surface area contributed by atoms with Gasteiger partial charge in [-0.15, -0.1) is 0 Å². The smallest absolute Gasteiger partial charge is 0.254 e. The zero-order valence-electron chi connectivity index (χ0n) is 51.7.